The summed E-state index contributed by atoms with van der Waals surface area (Å²) >= 11 is 2.04. The van der Waals surface area contributed by atoms with Crippen molar-refractivity contribution in [2.75, 3.05) is 23.7 Å². The van der Waals surface area contributed by atoms with Crippen molar-refractivity contribution in [3.05, 3.63) is 29.8 Å². The zero-order chi connectivity index (χ0) is 10.7. The van der Waals surface area contributed by atoms with Crippen LogP contribution in [-0.4, -0.2) is 29.2 Å². The van der Waals surface area contributed by atoms with E-state index >= 15 is 0 Å². The lowest BCUT2D eigenvalue weighted by molar-refractivity contribution is 0.282. The van der Waals surface area contributed by atoms with Gasteiger partial charge in [-0.1, -0.05) is 19.1 Å². The molecule has 1 atom stereocenters. The highest BCUT2D eigenvalue weighted by Crippen LogP contribution is 2.23. The van der Waals surface area contributed by atoms with Gasteiger partial charge in [0.1, 0.15) is 0 Å². The van der Waals surface area contributed by atoms with Gasteiger partial charge in [0, 0.05) is 29.8 Å². The second kappa shape index (κ2) is 4.90. The summed E-state index contributed by atoms with van der Waals surface area (Å²) < 4.78 is 0. The number of hydrogen-bond donors (Lipinski definition) is 1. The summed E-state index contributed by atoms with van der Waals surface area (Å²) in [6.45, 7) is 4.67. The topological polar surface area (TPSA) is 23.5 Å². The van der Waals surface area contributed by atoms with Gasteiger partial charge in [-0.2, -0.15) is 11.8 Å². The first kappa shape index (κ1) is 10.8. The van der Waals surface area contributed by atoms with Gasteiger partial charge >= 0.3 is 0 Å². The molecule has 15 heavy (non-hydrogen) atoms. The SMILES string of the molecule is CC1CN(c2ccc(CO)cc2)CCS1. The van der Waals surface area contributed by atoms with Crippen LogP contribution in [0.4, 0.5) is 5.69 Å². The average molecular weight is 223 g/mol. The molecule has 1 N–H and O–H groups in total. The van der Waals surface area contributed by atoms with E-state index in [2.05, 4.69) is 24.0 Å². The first-order valence-corrected chi connectivity index (χ1v) is 6.41. The van der Waals surface area contributed by atoms with Crippen LogP contribution in [0.2, 0.25) is 0 Å². The lowest BCUT2D eigenvalue weighted by atomic mass is 10.2. The van der Waals surface area contributed by atoms with Gasteiger partial charge in [-0.15, -0.1) is 0 Å². The summed E-state index contributed by atoms with van der Waals surface area (Å²) in [6, 6.07) is 8.21. The summed E-state index contributed by atoms with van der Waals surface area (Å²) in [5, 5.41) is 9.68. The van der Waals surface area contributed by atoms with Crippen LogP contribution in [-0.2, 0) is 6.61 Å². The van der Waals surface area contributed by atoms with Gasteiger partial charge in [-0.3, -0.25) is 0 Å². The van der Waals surface area contributed by atoms with Crippen molar-refractivity contribution in [3.8, 4) is 0 Å². The molecule has 0 amide bonds. The van der Waals surface area contributed by atoms with Crippen molar-refractivity contribution in [3.63, 3.8) is 0 Å². The number of benzene rings is 1. The van der Waals surface area contributed by atoms with Crippen LogP contribution in [0.15, 0.2) is 24.3 Å². The highest BCUT2D eigenvalue weighted by atomic mass is 32.2. The molecule has 1 aromatic carbocycles. The first-order chi connectivity index (χ1) is 7.29. The molecule has 1 saturated heterocycles. The zero-order valence-corrected chi connectivity index (χ0v) is 9.83. The van der Waals surface area contributed by atoms with Crippen LogP contribution < -0.4 is 4.90 Å². The number of aliphatic hydroxyl groups is 1. The highest BCUT2D eigenvalue weighted by Gasteiger charge is 2.16. The van der Waals surface area contributed by atoms with Gasteiger partial charge in [0.25, 0.3) is 0 Å². The molecule has 3 heteroatoms. The molecule has 82 valence electrons. The Bertz CT molecular complexity index is 312. The number of anilines is 1. The van der Waals surface area contributed by atoms with Gasteiger partial charge < -0.3 is 10.0 Å². The third kappa shape index (κ3) is 2.67. The van der Waals surface area contributed by atoms with E-state index in [4.69, 9.17) is 5.11 Å². The Balaban J connectivity index is 2.07. The van der Waals surface area contributed by atoms with Gasteiger partial charge in [0.05, 0.1) is 6.61 Å². The second-order valence-electron chi connectivity index (χ2n) is 3.95. The highest BCUT2D eigenvalue weighted by molar-refractivity contribution is 8.00. The normalized spacial score (nSPS) is 21.7. The molecule has 1 unspecified atom stereocenters. The first-order valence-electron chi connectivity index (χ1n) is 5.36. The predicted octanol–water partition coefficient (Wildman–Crippen LogP) is 2.12. The van der Waals surface area contributed by atoms with Crippen molar-refractivity contribution in [1.82, 2.24) is 0 Å². The van der Waals surface area contributed by atoms with Gasteiger partial charge in [-0.25, -0.2) is 0 Å². The molecule has 0 saturated carbocycles. The smallest absolute Gasteiger partial charge is 0.0681 e. The Morgan fingerprint density at radius 3 is 2.73 bits per heavy atom. The Hall–Kier alpha value is -0.670. The molecule has 1 fully saturated rings. The van der Waals surface area contributed by atoms with Crippen molar-refractivity contribution < 1.29 is 5.11 Å². The average Bonchev–Trinajstić information content (AvgIpc) is 2.29. The lowest BCUT2D eigenvalue weighted by Crippen LogP contribution is -2.36. The molecule has 0 spiro atoms. The maximum absolute atomic E-state index is 8.96. The number of hydrogen-bond acceptors (Lipinski definition) is 3. The zero-order valence-electron chi connectivity index (χ0n) is 9.02. The van der Waals surface area contributed by atoms with Gasteiger partial charge in [-0.05, 0) is 17.7 Å². The Kier molecular flexibility index (Phi) is 3.54. The van der Waals surface area contributed by atoms with Gasteiger partial charge in [0.15, 0.2) is 0 Å². The van der Waals surface area contributed by atoms with E-state index in [0.29, 0.717) is 0 Å². The maximum Gasteiger partial charge on any atom is 0.0681 e. The Morgan fingerprint density at radius 2 is 2.13 bits per heavy atom. The fourth-order valence-electron chi connectivity index (χ4n) is 1.87. The fourth-order valence-corrected chi connectivity index (χ4v) is 2.88. The monoisotopic (exact) mass is 223 g/mol. The molecule has 0 bridgehead atoms. The fraction of sp³-hybridized carbons (Fsp3) is 0.500. The van der Waals surface area contributed by atoms with E-state index in [9.17, 15) is 0 Å². The standard InChI is InChI=1S/C12H17NOS/c1-10-8-13(6-7-15-10)12-4-2-11(9-14)3-5-12/h2-5,10,14H,6-9H2,1H3. The molecule has 1 aliphatic rings. The van der Waals surface area contributed by atoms with Crippen LogP contribution in [0.1, 0.15) is 12.5 Å². The molecule has 1 heterocycles. The Morgan fingerprint density at radius 1 is 1.40 bits per heavy atom. The quantitative estimate of drug-likeness (QED) is 0.831. The number of nitrogens with zero attached hydrogens (tertiary/aromatic N) is 1. The van der Waals surface area contributed by atoms with E-state index in [1.54, 1.807) is 0 Å². The van der Waals surface area contributed by atoms with E-state index in [0.717, 1.165) is 23.9 Å². The van der Waals surface area contributed by atoms with E-state index < -0.39 is 0 Å². The summed E-state index contributed by atoms with van der Waals surface area (Å²) in [5.41, 5.74) is 2.26. The van der Waals surface area contributed by atoms with E-state index in [1.165, 1.54) is 11.4 Å². The molecule has 0 radical (unpaired) electrons. The van der Waals surface area contributed by atoms with Crippen molar-refractivity contribution in [1.29, 1.82) is 0 Å². The molecule has 0 aliphatic carbocycles. The van der Waals surface area contributed by atoms with E-state index in [1.807, 2.05) is 23.9 Å². The van der Waals surface area contributed by atoms with Crippen molar-refractivity contribution in [2.24, 2.45) is 0 Å². The largest absolute Gasteiger partial charge is 0.392 e. The second-order valence-corrected chi connectivity index (χ2v) is 5.50. The summed E-state index contributed by atoms with van der Waals surface area (Å²) in [5.74, 6) is 1.21. The third-order valence-corrected chi connectivity index (χ3v) is 3.86. The van der Waals surface area contributed by atoms with E-state index in [-0.39, 0.29) is 6.61 Å². The molecule has 2 rings (SSSR count). The maximum atomic E-state index is 8.96. The lowest BCUT2D eigenvalue weighted by Gasteiger charge is -2.32. The molecule has 1 aliphatic heterocycles. The molecule has 1 aromatic rings. The van der Waals surface area contributed by atoms with Crippen molar-refractivity contribution in [2.45, 2.75) is 18.8 Å². The van der Waals surface area contributed by atoms with Crippen molar-refractivity contribution >= 4 is 17.4 Å². The summed E-state index contributed by atoms with van der Waals surface area (Å²) in [7, 11) is 0. The molecule has 0 aromatic heterocycles. The minimum Gasteiger partial charge on any atom is -0.392 e. The summed E-state index contributed by atoms with van der Waals surface area (Å²) in [4.78, 5) is 2.42. The van der Waals surface area contributed by atoms with Crippen LogP contribution in [0.5, 0.6) is 0 Å². The predicted molar refractivity (Wildman–Crippen MR) is 66.5 cm³/mol. The molecular weight excluding hydrogens is 206 g/mol. The third-order valence-electron chi connectivity index (χ3n) is 2.73. The minimum absolute atomic E-state index is 0.131. The van der Waals surface area contributed by atoms with Crippen LogP contribution in [0.25, 0.3) is 0 Å². The summed E-state index contributed by atoms with van der Waals surface area (Å²) in [6.07, 6.45) is 0. The number of rotatable bonds is 2. The number of aliphatic hydroxyl groups excluding tert-OH is 1. The van der Waals surface area contributed by atoms with Crippen LogP contribution in [0.3, 0.4) is 0 Å². The minimum atomic E-state index is 0.131. The Labute approximate surface area is 95.3 Å². The number of thioether (sulfide) groups is 1. The molecule has 2 nitrogen and oxygen atoms in total. The van der Waals surface area contributed by atoms with Crippen LogP contribution in [0, 0.1) is 0 Å². The molecular formula is C12H17NOS. The van der Waals surface area contributed by atoms with Crippen LogP contribution >= 0.6 is 11.8 Å². The van der Waals surface area contributed by atoms with Gasteiger partial charge in [0.2, 0.25) is 0 Å².